The van der Waals surface area contributed by atoms with E-state index in [1.165, 1.54) is 0 Å². The van der Waals surface area contributed by atoms with Crippen molar-refractivity contribution in [3.05, 3.63) is 12.2 Å². The van der Waals surface area contributed by atoms with Gasteiger partial charge < -0.3 is 22.4 Å². The molecule has 54 heavy (non-hydrogen) atoms. The average molecular weight is 830 g/mol. The molecule has 1 aliphatic rings. The summed E-state index contributed by atoms with van der Waals surface area (Å²) in [5, 5.41) is -0.370. The van der Waals surface area contributed by atoms with Crippen molar-refractivity contribution in [3.63, 3.8) is 0 Å². The Kier molecular flexibility index (Phi) is 17.2. The van der Waals surface area contributed by atoms with Gasteiger partial charge in [0.05, 0.1) is 30.1 Å². The summed E-state index contributed by atoms with van der Waals surface area (Å²) in [6.45, 7) is 53.2. The highest BCUT2D eigenvalue weighted by atomic mass is 28.4. The molecule has 1 saturated heterocycles. The minimum atomic E-state index is -2.47. The Labute approximate surface area is 338 Å². The number of ketones is 2. The first-order chi connectivity index (χ1) is 23.8. The number of hydrogen-bond donors (Lipinski definition) is 0. The monoisotopic (exact) mass is 829 g/mol. The summed E-state index contributed by atoms with van der Waals surface area (Å²) in [6.07, 6.45) is 3.48. The van der Waals surface area contributed by atoms with Crippen LogP contribution in [0.1, 0.15) is 124 Å². The molecule has 1 unspecified atom stereocenters. The van der Waals surface area contributed by atoms with Crippen molar-refractivity contribution < 1.29 is 32.0 Å². The lowest BCUT2D eigenvalue weighted by Crippen LogP contribution is -2.57. The van der Waals surface area contributed by atoms with E-state index in [0.717, 1.165) is 0 Å². The molecule has 11 heteroatoms. The van der Waals surface area contributed by atoms with Gasteiger partial charge in [0.2, 0.25) is 0 Å². The number of ether oxygens (including phenoxy) is 1. The van der Waals surface area contributed by atoms with Gasteiger partial charge in [-0.05, 0) is 86.4 Å². The second kappa shape index (κ2) is 17.9. The minimum Gasteiger partial charge on any atom is -0.416 e. The second-order valence-electron chi connectivity index (χ2n) is 22.7. The Morgan fingerprint density at radius 3 is 1.44 bits per heavy atom. The highest BCUT2D eigenvalue weighted by Crippen LogP contribution is 2.52. The highest BCUT2D eigenvalue weighted by Gasteiger charge is 2.65. The molecule has 7 atom stereocenters. The molecule has 318 valence electrons. The first kappa shape index (κ1) is 51.8. The lowest BCUT2D eigenvalue weighted by molar-refractivity contribution is -0.139. The summed E-state index contributed by atoms with van der Waals surface area (Å²) < 4.78 is 35.5. The largest absolute Gasteiger partial charge is 0.416 e. The first-order valence-corrected chi connectivity index (χ1v) is 32.5. The van der Waals surface area contributed by atoms with E-state index in [0.29, 0.717) is 6.42 Å². The third-order valence-electron chi connectivity index (χ3n) is 14.1. The minimum absolute atomic E-state index is 0.00194. The fraction of sp³-hybridized carbons (Fsp3) is 0.907. The molecule has 0 aromatic rings. The molecule has 0 saturated carbocycles. The van der Waals surface area contributed by atoms with Gasteiger partial charge in [0.1, 0.15) is 17.2 Å². The van der Waals surface area contributed by atoms with Crippen LogP contribution >= 0.6 is 0 Å². The van der Waals surface area contributed by atoms with Gasteiger partial charge in [-0.15, -0.1) is 0 Å². The zero-order valence-corrected chi connectivity index (χ0v) is 43.8. The quantitative estimate of drug-likeness (QED) is 0.0686. The van der Waals surface area contributed by atoms with Gasteiger partial charge in [-0.1, -0.05) is 109 Å². The van der Waals surface area contributed by atoms with Crippen LogP contribution in [0.5, 0.6) is 0 Å². The Hall–Kier alpha value is -0.252. The van der Waals surface area contributed by atoms with E-state index in [2.05, 4.69) is 161 Å². The van der Waals surface area contributed by atoms with E-state index >= 15 is 4.79 Å². The molecule has 0 aromatic carbocycles. The Bertz CT molecular complexity index is 1280. The normalized spacial score (nSPS) is 22.6. The van der Waals surface area contributed by atoms with Crippen LogP contribution in [0.2, 0.25) is 72.5 Å². The van der Waals surface area contributed by atoms with Gasteiger partial charge in [-0.2, -0.15) is 0 Å². The number of carbonyl (C=O) groups is 2. The highest BCUT2D eigenvalue weighted by molar-refractivity contribution is 6.75. The number of hydrogen-bond acceptors (Lipinski definition) is 7. The van der Waals surface area contributed by atoms with Crippen LogP contribution in [0.4, 0.5) is 0 Å². The number of Topliss-reactive ketones (excluding diaryl/α,β-unsaturated/α-hetero) is 2. The van der Waals surface area contributed by atoms with E-state index in [1.54, 1.807) is 0 Å². The number of rotatable bonds is 20. The molecule has 0 spiro atoms. The maximum absolute atomic E-state index is 16.0. The molecule has 1 rings (SSSR count). The summed E-state index contributed by atoms with van der Waals surface area (Å²) >= 11 is 0. The summed E-state index contributed by atoms with van der Waals surface area (Å²) in [5.74, 6) is -1.15. The smallest absolute Gasteiger partial charge is 0.192 e. The molecule has 0 N–H and O–H groups in total. The van der Waals surface area contributed by atoms with E-state index in [1.807, 2.05) is 13.8 Å². The second-order valence-corrected chi connectivity index (χ2v) is 41.8. The third-order valence-corrected chi connectivity index (χ3v) is 32.1. The maximum Gasteiger partial charge on any atom is 0.192 e. The molecule has 1 heterocycles. The van der Waals surface area contributed by atoms with Gasteiger partial charge in [0, 0.05) is 32.0 Å². The first-order valence-electron chi connectivity index (χ1n) is 20.8. The van der Waals surface area contributed by atoms with Crippen molar-refractivity contribution in [2.24, 2.45) is 17.8 Å². The van der Waals surface area contributed by atoms with Gasteiger partial charge >= 0.3 is 0 Å². The van der Waals surface area contributed by atoms with Gasteiger partial charge in [0.25, 0.3) is 0 Å². The third kappa shape index (κ3) is 12.9. The Morgan fingerprint density at radius 2 is 1.07 bits per heavy atom. The van der Waals surface area contributed by atoms with Crippen LogP contribution in [0.3, 0.4) is 0 Å². The van der Waals surface area contributed by atoms with E-state index in [-0.39, 0.29) is 63.4 Å². The summed E-state index contributed by atoms with van der Waals surface area (Å²) in [5.41, 5.74) is -0.717. The zero-order valence-electron chi connectivity index (χ0n) is 39.8. The van der Waals surface area contributed by atoms with E-state index < -0.39 is 62.9 Å². The molecule has 0 aliphatic carbocycles. The van der Waals surface area contributed by atoms with E-state index in [4.69, 9.17) is 22.4 Å². The van der Waals surface area contributed by atoms with Crippen LogP contribution < -0.4 is 0 Å². The average Bonchev–Trinajstić information content (AvgIpc) is 3.66. The predicted octanol–water partition coefficient (Wildman–Crippen LogP) is 12.4. The van der Waals surface area contributed by atoms with Crippen LogP contribution in [0.15, 0.2) is 12.2 Å². The SMILES string of the molecule is C/C=C\[C@H](C)[C@H]1OC1(C)[C@@H](O[Si](C)(C)C(C)(C)C)[C@@H](CO[Si](C)(C)C(C)(C)C)C(=O)[C@@H](CO[Si](C)(C)C(C)(C)C)[C@@H](CC(=O)CC)O[Si](C)(C)C(C)(C)C. The van der Waals surface area contributed by atoms with E-state index in [9.17, 15) is 4.79 Å². The molecular weight excluding hydrogens is 741 g/mol. The van der Waals surface area contributed by atoms with Gasteiger partial charge in [-0.25, -0.2) is 0 Å². The Morgan fingerprint density at radius 1 is 0.685 bits per heavy atom. The lowest BCUT2D eigenvalue weighted by Gasteiger charge is -2.46. The number of epoxide rings is 1. The standard InChI is InChI=1S/C43H88O7Si4/c1-25-27-31(3)37-43(16,48-37)38(50-54(23,24)42(13,14)15)34(30-47-52(19,20)40(7,8)9)36(45)33(29-46-51(17,18)39(4,5)6)35(28-32(44)26-2)49-53(21,22)41(10,11)12/h25,27,31,33-35,37-38H,26,28-30H2,1-24H3/b27-25-/t31-,33-,34-,35+,37+,38-,43?/m0/s1. The van der Waals surface area contributed by atoms with Crippen LogP contribution in [0.25, 0.3) is 0 Å². The molecule has 1 fully saturated rings. The molecule has 1 aliphatic heterocycles. The molecule has 0 aromatic heterocycles. The number of carbonyl (C=O) groups excluding carboxylic acids is 2. The molecule has 0 amide bonds. The van der Waals surface area contributed by atoms with Crippen molar-refractivity contribution in [2.45, 2.75) is 220 Å². The van der Waals surface area contributed by atoms with Crippen molar-refractivity contribution in [1.29, 1.82) is 0 Å². The topological polar surface area (TPSA) is 83.6 Å². The summed E-state index contributed by atoms with van der Waals surface area (Å²) in [6, 6.07) is 0. The molecule has 0 bridgehead atoms. The predicted molar refractivity (Wildman–Crippen MR) is 240 cm³/mol. The van der Waals surface area contributed by atoms with Crippen molar-refractivity contribution in [2.75, 3.05) is 13.2 Å². The fourth-order valence-electron chi connectivity index (χ4n) is 5.78. The maximum atomic E-state index is 16.0. The van der Waals surface area contributed by atoms with Gasteiger partial charge in [-0.3, -0.25) is 9.59 Å². The zero-order chi connectivity index (χ0) is 42.9. The lowest BCUT2D eigenvalue weighted by atomic mass is 9.79. The van der Waals surface area contributed by atoms with Crippen LogP contribution in [-0.4, -0.2) is 82.0 Å². The van der Waals surface area contributed by atoms with Gasteiger partial charge in [0.15, 0.2) is 33.3 Å². The van der Waals surface area contributed by atoms with Crippen LogP contribution in [0, 0.1) is 17.8 Å². The Balaban J connectivity index is 4.25. The summed E-state index contributed by atoms with van der Waals surface area (Å²) in [7, 11) is -9.57. The number of allylic oxidation sites excluding steroid dienone is 1. The van der Waals surface area contributed by atoms with Crippen molar-refractivity contribution in [3.8, 4) is 0 Å². The summed E-state index contributed by atoms with van der Waals surface area (Å²) in [4.78, 5) is 29.5. The fourth-order valence-corrected chi connectivity index (χ4v) is 10.6. The molecule has 7 nitrogen and oxygen atoms in total. The molecule has 0 radical (unpaired) electrons. The van der Waals surface area contributed by atoms with Crippen molar-refractivity contribution >= 4 is 44.8 Å². The molecular formula is C43H88O7Si4. The van der Waals surface area contributed by atoms with Crippen LogP contribution in [-0.2, 0) is 32.0 Å². The van der Waals surface area contributed by atoms with Crippen molar-refractivity contribution in [1.82, 2.24) is 0 Å².